The highest BCUT2D eigenvalue weighted by Crippen LogP contribution is 2.46. The number of hydrogen-bond acceptors (Lipinski definition) is 4. The Hall–Kier alpha value is -1.32. The third-order valence-corrected chi connectivity index (χ3v) is 4.73. The molecule has 0 N–H and O–H groups in total. The predicted octanol–water partition coefficient (Wildman–Crippen LogP) is 3.25. The normalized spacial score (nSPS) is 28.5. The summed E-state index contributed by atoms with van der Waals surface area (Å²) in [5.74, 6) is 0.669. The maximum atomic E-state index is 12.1. The zero-order chi connectivity index (χ0) is 15.6. The number of esters is 2. The summed E-state index contributed by atoms with van der Waals surface area (Å²) < 4.78 is 10.9. The van der Waals surface area contributed by atoms with Gasteiger partial charge in [0.05, 0.1) is 6.42 Å². The second kappa shape index (κ2) is 6.20. The van der Waals surface area contributed by atoms with E-state index in [9.17, 15) is 9.59 Å². The van der Waals surface area contributed by atoms with Crippen molar-refractivity contribution in [3.63, 3.8) is 0 Å². The van der Waals surface area contributed by atoms with E-state index in [0.717, 1.165) is 19.3 Å². The van der Waals surface area contributed by atoms with Gasteiger partial charge in [-0.2, -0.15) is 0 Å². The van der Waals surface area contributed by atoms with Crippen molar-refractivity contribution in [3.8, 4) is 0 Å². The lowest BCUT2D eigenvalue weighted by Crippen LogP contribution is -2.34. The monoisotopic (exact) mass is 294 g/mol. The quantitative estimate of drug-likeness (QED) is 0.557. The fraction of sp³-hybridized carbons (Fsp3) is 0.765. The van der Waals surface area contributed by atoms with Gasteiger partial charge in [0.15, 0.2) is 0 Å². The van der Waals surface area contributed by atoms with Crippen LogP contribution in [0.5, 0.6) is 0 Å². The van der Waals surface area contributed by atoms with Crippen LogP contribution in [0.2, 0.25) is 0 Å². The second-order valence-electron chi connectivity index (χ2n) is 6.88. The average molecular weight is 294 g/mol. The Balaban J connectivity index is 1.98. The number of rotatable bonds is 6. The molecule has 118 valence electrons. The lowest BCUT2D eigenvalue weighted by Gasteiger charge is -2.29. The van der Waals surface area contributed by atoms with Gasteiger partial charge < -0.3 is 9.47 Å². The highest BCUT2D eigenvalue weighted by Gasteiger charge is 2.42. The molecule has 2 aliphatic carbocycles. The molecular weight excluding hydrogens is 268 g/mol. The molecule has 4 heteroatoms. The Labute approximate surface area is 126 Å². The average Bonchev–Trinajstić information content (AvgIpc) is 2.99. The van der Waals surface area contributed by atoms with E-state index in [2.05, 4.69) is 12.2 Å². The number of hydrogen-bond donors (Lipinski definition) is 0. The summed E-state index contributed by atoms with van der Waals surface area (Å²) in [4.78, 5) is 23.5. The third kappa shape index (κ3) is 4.08. The molecule has 0 aromatic heterocycles. The van der Waals surface area contributed by atoms with Crippen LogP contribution in [-0.2, 0) is 19.1 Å². The van der Waals surface area contributed by atoms with Gasteiger partial charge in [-0.05, 0) is 44.9 Å². The van der Waals surface area contributed by atoms with E-state index in [1.54, 1.807) is 0 Å². The predicted molar refractivity (Wildman–Crippen MR) is 79.5 cm³/mol. The highest BCUT2D eigenvalue weighted by molar-refractivity contribution is 5.72. The maximum Gasteiger partial charge on any atom is 0.310 e. The Morgan fingerprint density at radius 1 is 1.29 bits per heavy atom. The van der Waals surface area contributed by atoms with E-state index in [-0.39, 0.29) is 30.4 Å². The Kier molecular flexibility index (Phi) is 4.74. The molecule has 4 atom stereocenters. The van der Waals surface area contributed by atoms with Gasteiger partial charge in [-0.1, -0.05) is 19.1 Å². The first-order chi connectivity index (χ1) is 9.80. The van der Waals surface area contributed by atoms with Crippen LogP contribution >= 0.6 is 0 Å². The van der Waals surface area contributed by atoms with Crippen molar-refractivity contribution in [3.05, 3.63) is 12.2 Å². The summed E-state index contributed by atoms with van der Waals surface area (Å²) in [6, 6.07) is 0. The van der Waals surface area contributed by atoms with Crippen LogP contribution in [-0.4, -0.2) is 23.6 Å². The van der Waals surface area contributed by atoms with Crippen molar-refractivity contribution in [2.75, 3.05) is 0 Å². The molecular formula is C17H26O4. The fourth-order valence-corrected chi connectivity index (χ4v) is 3.33. The maximum absolute atomic E-state index is 12.1. The van der Waals surface area contributed by atoms with Gasteiger partial charge in [0.1, 0.15) is 11.7 Å². The molecule has 0 aromatic carbocycles. The number of ether oxygens (including phenoxy) is 2. The molecule has 2 rings (SSSR count). The van der Waals surface area contributed by atoms with Gasteiger partial charge in [-0.25, -0.2) is 0 Å². The van der Waals surface area contributed by atoms with Gasteiger partial charge in [0.25, 0.3) is 0 Å². The van der Waals surface area contributed by atoms with E-state index in [0.29, 0.717) is 11.8 Å². The molecule has 4 unspecified atom stereocenters. The number of fused-ring (bicyclic) bond motifs is 2. The highest BCUT2D eigenvalue weighted by atomic mass is 16.6. The Bertz CT molecular complexity index is 438. The van der Waals surface area contributed by atoms with Crippen LogP contribution in [0.1, 0.15) is 53.4 Å². The molecule has 0 saturated heterocycles. The summed E-state index contributed by atoms with van der Waals surface area (Å²) in [5.41, 5.74) is -0.466. The van der Waals surface area contributed by atoms with Gasteiger partial charge in [-0.15, -0.1) is 0 Å². The van der Waals surface area contributed by atoms with Gasteiger partial charge in [0.2, 0.25) is 0 Å². The van der Waals surface area contributed by atoms with Crippen molar-refractivity contribution < 1.29 is 19.1 Å². The van der Waals surface area contributed by atoms with Crippen LogP contribution in [0.15, 0.2) is 12.2 Å². The molecule has 0 spiro atoms. The van der Waals surface area contributed by atoms with Crippen LogP contribution in [0, 0.1) is 17.8 Å². The summed E-state index contributed by atoms with van der Waals surface area (Å²) >= 11 is 0. The van der Waals surface area contributed by atoms with E-state index in [1.165, 1.54) is 6.92 Å². The third-order valence-electron chi connectivity index (χ3n) is 4.73. The van der Waals surface area contributed by atoms with Crippen molar-refractivity contribution >= 4 is 11.9 Å². The molecule has 1 saturated carbocycles. The molecule has 21 heavy (non-hydrogen) atoms. The molecule has 0 heterocycles. The molecule has 4 nitrogen and oxygen atoms in total. The second-order valence-corrected chi connectivity index (χ2v) is 6.88. The lowest BCUT2D eigenvalue weighted by atomic mass is 9.87. The fourth-order valence-electron chi connectivity index (χ4n) is 3.33. The van der Waals surface area contributed by atoms with Gasteiger partial charge in [-0.3, -0.25) is 9.59 Å². The number of carbonyl (C=O) groups is 2. The summed E-state index contributed by atoms with van der Waals surface area (Å²) in [6.07, 6.45) is 7.13. The first kappa shape index (κ1) is 16.1. The van der Waals surface area contributed by atoms with Crippen LogP contribution < -0.4 is 0 Å². The van der Waals surface area contributed by atoms with Crippen molar-refractivity contribution in [2.24, 2.45) is 17.8 Å². The number of allylic oxidation sites excluding steroid dienone is 2. The van der Waals surface area contributed by atoms with Crippen LogP contribution in [0.25, 0.3) is 0 Å². The molecule has 2 bridgehead atoms. The zero-order valence-electron chi connectivity index (χ0n) is 13.4. The lowest BCUT2D eigenvalue weighted by molar-refractivity contribution is -0.164. The minimum Gasteiger partial charge on any atom is -0.462 e. The van der Waals surface area contributed by atoms with E-state index in [1.807, 2.05) is 20.8 Å². The first-order valence-corrected chi connectivity index (χ1v) is 7.88. The van der Waals surface area contributed by atoms with Gasteiger partial charge >= 0.3 is 11.9 Å². The molecule has 1 fully saturated rings. The van der Waals surface area contributed by atoms with Crippen LogP contribution in [0.4, 0.5) is 0 Å². The largest absolute Gasteiger partial charge is 0.462 e. The van der Waals surface area contributed by atoms with Crippen molar-refractivity contribution in [2.45, 2.75) is 65.1 Å². The van der Waals surface area contributed by atoms with Crippen molar-refractivity contribution in [1.82, 2.24) is 0 Å². The SMILES string of the molecule is CCC(C)(C)OC(=O)CC(OC(C)=O)C1CC2C=CC1C2. The Morgan fingerprint density at radius 3 is 2.48 bits per heavy atom. The minimum atomic E-state index is -0.466. The van der Waals surface area contributed by atoms with Crippen LogP contribution in [0.3, 0.4) is 0 Å². The Morgan fingerprint density at radius 2 is 2.00 bits per heavy atom. The zero-order valence-corrected chi connectivity index (χ0v) is 13.4. The standard InChI is InChI=1S/C17H26O4/c1-5-17(3,4)21-16(19)10-15(20-11(2)18)14-9-12-6-7-13(14)8-12/h6-7,12-15H,5,8-10H2,1-4H3. The topological polar surface area (TPSA) is 52.6 Å². The summed E-state index contributed by atoms with van der Waals surface area (Å²) in [5, 5.41) is 0. The molecule has 0 amide bonds. The summed E-state index contributed by atoms with van der Waals surface area (Å²) in [6.45, 7) is 7.17. The molecule has 0 aromatic rings. The summed E-state index contributed by atoms with van der Waals surface area (Å²) in [7, 11) is 0. The van der Waals surface area contributed by atoms with E-state index in [4.69, 9.17) is 9.47 Å². The molecule has 0 aliphatic heterocycles. The minimum absolute atomic E-state index is 0.157. The van der Waals surface area contributed by atoms with Crippen molar-refractivity contribution in [1.29, 1.82) is 0 Å². The van der Waals surface area contributed by atoms with Gasteiger partial charge in [0, 0.05) is 12.8 Å². The van der Waals surface area contributed by atoms with E-state index < -0.39 is 5.60 Å². The number of carbonyl (C=O) groups excluding carboxylic acids is 2. The molecule has 2 aliphatic rings. The van der Waals surface area contributed by atoms with E-state index >= 15 is 0 Å². The molecule has 0 radical (unpaired) electrons. The first-order valence-electron chi connectivity index (χ1n) is 7.88. The smallest absolute Gasteiger partial charge is 0.310 e.